The molecule has 0 heterocycles. The molecule has 124 valence electrons. The number of anilines is 1. The number of carboxylic acids is 2. The van der Waals surface area contributed by atoms with Gasteiger partial charge in [-0.15, -0.1) is 0 Å². The lowest BCUT2D eigenvalue weighted by Gasteiger charge is -2.16. The molecular formula is C12H9I3N2O6. The molecule has 11 heteroatoms. The quantitative estimate of drug-likeness (QED) is 0.358. The number of benzene rings is 1. The summed E-state index contributed by atoms with van der Waals surface area (Å²) < 4.78 is 0.506. The summed E-state index contributed by atoms with van der Waals surface area (Å²) in [6.07, 6.45) is 0. The predicted octanol–water partition coefficient (Wildman–Crippen LogP) is 1.97. The maximum Gasteiger partial charge on any atom is 0.337 e. The van der Waals surface area contributed by atoms with Gasteiger partial charge in [-0.2, -0.15) is 0 Å². The minimum absolute atomic E-state index is 0.0799. The number of carbonyl (C=O) groups excluding carboxylic acids is 2. The van der Waals surface area contributed by atoms with Gasteiger partial charge in [0.2, 0.25) is 11.8 Å². The lowest BCUT2D eigenvalue weighted by atomic mass is 10.1. The van der Waals surface area contributed by atoms with Crippen LogP contribution in [-0.4, -0.2) is 40.5 Å². The van der Waals surface area contributed by atoms with Crippen molar-refractivity contribution in [1.29, 1.82) is 0 Å². The Morgan fingerprint density at radius 3 is 1.70 bits per heavy atom. The molecule has 0 aliphatic carbocycles. The molecule has 2 amide bonds. The second kappa shape index (κ2) is 8.41. The predicted molar refractivity (Wildman–Crippen MR) is 106 cm³/mol. The van der Waals surface area contributed by atoms with Crippen LogP contribution in [0.3, 0.4) is 0 Å². The van der Waals surface area contributed by atoms with Gasteiger partial charge in [0, 0.05) is 10.5 Å². The Morgan fingerprint density at radius 2 is 1.35 bits per heavy atom. The third-order valence-electron chi connectivity index (χ3n) is 2.51. The maximum atomic E-state index is 11.8. The third-order valence-corrected chi connectivity index (χ3v) is 5.74. The first-order valence-electron chi connectivity index (χ1n) is 5.79. The zero-order valence-corrected chi connectivity index (χ0v) is 17.8. The fraction of sp³-hybridized carbons (Fsp3) is 0.167. The molecule has 0 saturated carbocycles. The van der Waals surface area contributed by atoms with Gasteiger partial charge in [-0.25, -0.2) is 9.59 Å². The van der Waals surface area contributed by atoms with Gasteiger partial charge in [0.05, 0.1) is 30.5 Å². The van der Waals surface area contributed by atoms with Gasteiger partial charge in [0.15, 0.2) is 0 Å². The van der Waals surface area contributed by atoms with Crippen molar-refractivity contribution in [3.05, 3.63) is 21.8 Å². The average molecular weight is 658 g/mol. The summed E-state index contributed by atoms with van der Waals surface area (Å²) in [6.45, 7) is 0.940. The van der Waals surface area contributed by atoms with E-state index in [0.717, 1.165) is 0 Å². The first-order valence-corrected chi connectivity index (χ1v) is 9.02. The summed E-state index contributed by atoms with van der Waals surface area (Å²) in [7, 11) is 0. The highest BCUT2D eigenvalue weighted by molar-refractivity contribution is 14.1. The van der Waals surface area contributed by atoms with E-state index in [-0.39, 0.29) is 34.1 Å². The van der Waals surface area contributed by atoms with E-state index in [9.17, 15) is 29.4 Å². The van der Waals surface area contributed by atoms with E-state index in [4.69, 9.17) is 0 Å². The topological polar surface area (TPSA) is 133 Å². The fourth-order valence-corrected chi connectivity index (χ4v) is 5.90. The molecule has 1 rings (SSSR count). The Morgan fingerprint density at radius 1 is 0.913 bits per heavy atom. The van der Waals surface area contributed by atoms with Crippen LogP contribution >= 0.6 is 67.8 Å². The van der Waals surface area contributed by atoms with Crippen LogP contribution in [0.1, 0.15) is 27.6 Å². The average Bonchev–Trinajstić information content (AvgIpc) is 2.40. The van der Waals surface area contributed by atoms with Crippen molar-refractivity contribution in [3.8, 4) is 0 Å². The summed E-state index contributed by atoms with van der Waals surface area (Å²) in [5.74, 6) is -3.58. The van der Waals surface area contributed by atoms with Crippen LogP contribution in [0.15, 0.2) is 0 Å². The van der Waals surface area contributed by atoms with E-state index in [2.05, 4.69) is 10.6 Å². The van der Waals surface area contributed by atoms with Crippen molar-refractivity contribution >= 4 is 97.2 Å². The Kier molecular flexibility index (Phi) is 7.43. The van der Waals surface area contributed by atoms with Crippen molar-refractivity contribution in [3.63, 3.8) is 0 Å². The maximum absolute atomic E-state index is 11.8. The van der Waals surface area contributed by atoms with Gasteiger partial charge in [0.25, 0.3) is 0 Å². The first-order chi connectivity index (χ1) is 10.6. The standard InChI is InChI=1S/C12H9I3N2O6/c1-3(18)16-2-4(19)17-10-8(14)5(11(20)21)7(13)6(9(10)15)12(22)23/h2H2,1H3,(H,16,18)(H,17,19)(H,20,21)(H,22,23). The van der Waals surface area contributed by atoms with Crippen LogP contribution in [0.2, 0.25) is 0 Å². The van der Waals surface area contributed by atoms with Gasteiger partial charge in [-0.1, -0.05) is 0 Å². The molecule has 0 bridgehead atoms. The molecule has 0 atom stereocenters. The molecule has 23 heavy (non-hydrogen) atoms. The van der Waals surface area contributed by atoms with Crippen molar-refractivity contribution in [2.24, 2.45) is 0 Å². The highest BCUT2D eigenvalue weighted by Crippen LogP contribution is 2.35. The number of carboxylic acid groups (broad SMARTS) is 2. The van der Waals surface area contributed by atoms with Crippen LogP contribution in [-0.2, 0) is 9.59 Å². The normalized spacial score (nSPS) is 10.1. The number of hydrogen-bond acceptors (Lipinski definition) is 4. The molecule has 0 fully saturated rings. The largest absolute Gasteiger partial charge is 0.478 e. The molecule has 1 aromatic carbocycles. The van der Waals surface area contributed by atoms with Crippen LogP contribution in [0, 0.1) is 10.7 Å². The van der Waals surface area contributed by atoms with Crippen molar-refractivity contribution in [2.45, 2.75) is 6.92 Å². The first kappa shape index (κ1) is 20.3. The van der Waals surface area contributed by atoms with Crippen molar-refractivity contribution < 1.29 is 29.4 Å². The smallest absolute Gasteiger partial charge is 0.337 e. The van der Waals surface area contributed by atoms with E-state index >= 15 is 0 Å². The van der Waals surface area contributed by atoms with Gasteiger partial charge in [0.1, 0.15) is 0 Å². The Hall–Kier alpha value is -0.710. The molecule has 4 N–H and O–H groups in total. The van der Waals surface area contributed by atoms with Crippen LogP contribution in [0.25, 0.3) is 0 Å². The number of hydrogen-bond donors (Lipinski definition) is 4. The molecule has 0 spiro atoms. The Balaban J connectivity index is 3.42. The Bertz CT molecular complexity index is 678. The molecule has 8 nitrogen and oxygen atoms in total. The Labute approximate surface area is 171 Å². The number of halogens is 3. The molecular weight excluding hydrogens is 649 g/mol. The lowest BCUT2D eigenvalue weighted by Crippen LogP contribution is -2.32. The van der Waals surface area contributed by atoms with E-state index in [1.807, 2.05) is 0 Å². The van der Waals surface area contributed by atoms with E-state index < -0.39 is 23.8 Å². The molecule has 0 saturated heterocycles. The minimum Gasteiger partial charge on any atom is -0.478 e. The second-order valence-corrected chi connectivity index (χ2v) is 7.37. The fourth-order valence-electron chi connectivity index (χ4n) is 1.54. The summed E-state index contributed by atoms with van der Waals surface area (Å²) >= 11 is 5.13. The summed E-state index contributed by atoms with van der Waals surface area (Å²) in [5.41, 5.74) is -0.297. The zero-order valence-electron chi connectivity index (χ0n) is 11.4. The number of rotatable bonds is 5. The monoisotopic (exact) mass is 658 g/mol. The van der Waals surface area contributed by atoms with Gasteiger partial charge >= 0.3 is 11.9 Å². The minimum atomic E-state index is -1.30. The molecule has 0 radical (unpaired) electrons. The van der Waals surface area contributed by atoms with Crippen molar-refractivity contribution in [2.75, 3.05) is 11.9 Å². The number of amides is 2. The van der Waals surface area contributed by atoms with Gasteiger partial charge in [-0.3, -0.25) is 9.59 Å². The van der Waals surface area contributed by atoms with E-state index in [1.165, 1.54) is 6.92 Å². The SMILES string of the molecule is CC(=O)NCC(=O)Nc1c(I)c(C(=O)O)c(I)c(C(=O)O)c1I. The second-order valence-electron chi connectivity index (χ2n) is 4.14. The van der Waals surface area contributed by atoms with Gasteiger partial charge in [-0.05, 0) is 67.8 Å². The third kappa shape index (κ3) is 4.88. The molecule has 0 unspecified atom stereocenters. The van der Waals surface area contributed by atoms with Crippen LogP contribution in [0.5, 0.6) is 0 Å². The molecule has 0 aromatic heterocycles. The number of carbonyl (C=O) groups is 4. The highest BCUT2D eigenvalue weighted by atomic mass is 127. The van der Waals surface area contributed by atoms with Gasteiger partial charge < -0.3 is 20.8 Å². The molecule has 0 aliphatic heterocycles. The summed E-state index contributed by atoms with van der Waals surface area (Å²) in [5, 5.41) is 23.4. The zero-order chi connectivity index (χ0) is 17.9. The lowest BCUT2D eigenvalue weighted by molar-refractivity contribution is -0.122. The molecule has 0 aliphatic rings. The number of nitrogens with one attached hydrogen (secondary N) is 2. The van der Waals surface area contributed by atoms with Crippen LogP contribution in [0.4, 0.5) is 5.69 Å². The van der Waals surface area contributed by atoms with E-state index in [1.54, 1.807) is 67.8 Å². The van der Waals surface area contributed by atoms with Crippen LogP contribution < -0.4 is 10.6 Å². The summed E-state index contributed by atoms with van der Waals surface area (Å²) in [6, 6.07) is 0. The van der Waals surface area contributed by atoms with E-state index in [0.29, 0.717) is 0 Å². The summed E-state index contributed by atoms with van der Waals surface area (Å²) in [4.78, 5) is 45.5. The van der Waals surface area contributed by atoms with Crippen molar-refractivity contribution in [1.82, 2.24) is 5.32 Å². The number of aromatic carboxylic acids is 2. The molecule has 1 aromatic rings. The highest BCUT2D eigenvalue weighted by Gasteiger charge is 2.28.